The number of aromatic nitrogens is 1. The van der Waals surface area contributed by atoms with E-state index >= 15 is 0 Å². The van der Waals surface area contributed by atoms with Crippen molar-refractivity contribution in [1.82, 2.24) is 9.88 Å². The van der Waals surface area contributed by atoms with Crippen molar-refractivity contribution in [2.75, 3.05) is 18.4 Å². The number of primary sulfonamides is 1. The van der Waals surface area contributed by atoms with E-state index in [9.17, 15) is 13.2 Å². The summed E-state index contributed by atoms with van der Waals surface area (Å²) < 4.78 is 23.0. The van der Waals surface area contributed by atoms with Crippen LogP contribution in [0.25, 0.3) is 0 Å². The number of anilines is 1. The summed E-state index contributed by atoms with van der Waals surface area (Å²) in [4.78, 5) is 17.3. The van der Waals surface area contributed by atoms with E-state index in [0.717, 1.165) is 30.7 Å². The maximum atomic E-state index is 11.4. The predicted molar refractivity (Wildman–Crippen MR) is 90.6 cm³/mol. The van der Waals surface area contributed by atoms with Gasteiger partial charge in [-0.25, -0.2) is 18.5 Å². The topological polar surface area (TPSA) is 126 Å². The molecule has 1 aromatic rings. The first-order valence-electron chi connectivity index (χ1n) is 7.95. The zero-order valence-electron chi connectivity index (χ0n) is 13.4. The fourth-order valence-corrected chi connectivity index (χ4v) is 4.97. The molecule has 10 heteroatoms. The Bertz CT molecular complexity index is 723. The van der Waals surface area contributed by atoms with Gasteiger partial charge in [0.05, 0.1) is 12.2 Å². The molecule has 24 heavy (non-hydrogen) atoms. The molecular formula is C14H22N4O4S2. The van der Waals surface area contributed by atoms with Gasteiger partial charge in [-0.05, 0) is 38.5 Å². The highest BCUT2D eigenvalue weighted by Crippen LogP contribution is 2.35. The van der Waals surface area contributed by atoms with Crippen LogP contribution in [0.15, 0.2) is 4.21 Å². The van der Waals surface area contributed by atoms with Crippen molar-refractivity contribution in [3.63, 3.8) is 0 Å². The molecule has 2 aliphatic carbocycles. The van der Waals surface area contributed by atoms with Crippen LogP contribution in [-0.2, 0) is 14.8 Å². The van der Waals surface area contributed by atoms with Crippen LogP contribution in [0.2, 0.25) is 0 Å². The number of aryl methyl sites for hydroxylation is 1. The SMILES string of the molecule is Cc1nc(NC2CC(N(CC(=O)O)CC3CC3)C2)sc1S(N)(=O)=O. The van der Waals surface area contributed by atoms with Crippen molar-refractivity contribution in [2.24, 2.45) is 11.1 Å². The third kappa shape index (κ3) is 4.24. The molecule has 2 aliphatic rings. The lowest BCUT2D eigenvalue weighted by Crippen LogP contribution is -2.52. The molecule has 2 saturated carbocycles. The summed E-state index contributed by atoms with van der Waals surface area (Å²) in [5.41, 5.74) is 0.405. The number of hydrogen-bond acceptors (Lipinski definition) is 7. The Hall–Kier alpha value is -1.23. The van der Waals surface area contributed by atoms with E-state index in [0.29, 0.717) is 16.7 Å². The van der Waals surface area contributed by atoms with Crippen molar-refractivity contribution in [1.29, 1.82) is 0 Å². The standard InChI is InChI=1S/C14H22N4O4S2/c1-8-13(24(15,21)22)23-14(16-8)17-10-4-11(5-10)18(7-12(19)20)6-9-2-3-9/h9-11H,2-7H2,1H3,(H,16,17)(H,19,20)(H2,15,21,22). The molecule has 4 N–H and O–H groups in total. The number of carboxylic acids is 1. The monoisotopic (exact) mass is 374 g/mol. The maximum absolute atomic E-state index is 11.4. The van der Waals surface area contributed by atoms with E-state index < -0.39 is 16.0 Å². The number of thiazole rings is 1. The van der Waals surface area contributed by atoms with E-state index in [1.165, 1.54) is 12.8 Å². The Morgan fingerprint density at radius 1 is 1.46 bits per heavy atom. The summed E-state index contributed by atoms with van der Waals surface area (Å²) in [5.74, 6) is -0.143. The number of nitrogens with one attached hydrogen (secondary N) is 1. The summed E-state index contributed by atoms with van der Waals surface area (Å²) >= 11 is 1.04. The molecule has 0 amide bonds. The number of carbonyl (C=O) groups is 1. The molecule has 0 aliphatic heterocycles. The van der Waals surface area contributed by atoms with Crippen LogP contribution in [0, 0.1) is 12.8 Å². The Balaban J connectivity index is 1.55. The molecule has 0 radical (unpaired) electrons. The quantitative estimate of drug-likeness (QED) is 0.615. The molecule has 1 aromatic heterocycles. The lowest BCUT2D eigenvalue weighted by atomic mass is 9.85. The van der Waals surface area contributed by atoms with Crippen molar-refractivity contribution < 1.29 is 18.3 Å². The number of rotatable bonds is 8. The second-order valence-electron chi connectivity index (χ2n) is 6.67. The van der Waals surface area contributed by atoms with Gasteiger partial charge in [0.1, 0.15) is 0 Å². The van der Waals surface area contributed by atoms with E-state index in [2.05, 4.69) is 15.2 Å². The molecule has 134 valence electrons. The number of nitrogens with two attached hydrogens (primary N) is 1. The molecule has 0 spiro atoms. The van der Waals surface area contributed by atoms with Crippen LogP contribution in [0.4, 0.5) is 5.13 Å². The van der Waals surface area contributed by atoms with Gasteiger partial charge in [0.2, 0.25) is 10.0 Å². The van der Waals surface area contributed by atoms with Crippen LogP contribution in [0.1, 0.15) is 31.4 Å². The van der Waals surface area contributed by atoms with Crippen molar-refractivity contribution >= 4 is 32.5 Å². The Morgan fingerprint density at radius 3 is 2.62 bits per heavy atom. The normalized spacial score (nSPS) is 24.0. The summed E-state index contributed by atoms with van der Waals surface area (Å²) in [7, 11) is -3.74. The number of hydrogen-bond donors (Lipinski definition) is 3. The van der Waals surface area contributed by atoms with E-state index in [1.807, 2.05) is 0 Å². The fourth-order valence-electron chi connectivity index (χ4n) is 3.04. The average Bonchev–Trinajstić information content (AvgIpc) is 3.12. The van der Waals surface area contributed by atoms with Gasteiger partial charge in [-0.15, -0.1) is 0 Å². The molecule has 8 nitrogen and oxygen atoms in total. The number of aliphatic carboxylic acids is 1. The molecule has 0 saturated heterocycles. The van der Waals surface area contributed by atoms with Gasteiger partial charge in [0.25, 0.3) is 0 Å². The molecule has 2 fully saturated rings. The van der Waals surface area contributed by atoms with Crippen LogP contribution in [0.5, 0.6) is 0 Å². The van der Waals surface area contributed by atoms with Crippen LogP contribution in [-0.4, -0.2) is 54.6 Å². The van der Waals surface area contributed by atoms with E-state index in [1.54, 1.807) is 6.92 Å². The Labute approximate surface area is 145 Å². The average molecular weight is 374 g/mol. The predicted octanol–water partition coefficient (Wildman–Crippen LogP) is 0.838. The summed E-state index contributed by atoms with van der Waals surface area (Å²) in [6, 6.07) is 0.447. The summed E-state index contributed by atoms with van der Waals surface area (Å²) in [5, 5.41) is 18.0. The van der Waals surface area contributed by atoms with Gasteiger partial charge < -0.3 is 10.4 Å². The van der Waals surface area contributed by atoms with Gasteiger partial charge in [-0.2, -0.15) is 0 Å². The lowest BCUT2D eigenvalue weighted by molar-refractivity contribution is -0.139. The molecule has 1 heterocycles. The highest BCUT2D eigenvalue weighted by molar-refractivity contribution is 7.91. The second kappa shape index (κ2) is 6.58. The maximum Gasteiger partial charge on any atom is 0.317 e. The molecule has 0 bridgehead atoms. The second-order valence-corrected chi connectivity index (χ2v) is 9.43. The largest absolute Gasteiger partial charge is 0.480 e. The van der Waals surface area contributed by atoms with Crippen molar-refractivity contribution in [3.05, 3.63) is 5.69 Å². The number of nitrogens with zero attached hydrogens (tertiary/aromatic N) is 2. The van der Waals surface area contributed by atoms with Gasteiger partial charge in [0.15, 0.2) is 9.34 Å². The first kappa shape index (κ1) is 17.6. The molecular weight excluding hydrogens is 352 g/mol. The van der Waals surface area contributed by atoms with Gasteiger partial charge in [-0.3, -0.25) is 9.69 Å². The lowest BCUT2D eigenvalue weighted by Gasteiger charge is -2.42. The minimum absolute atomic E-state index is 0.0831. The van der Waals surface area contributed by atoms with Crippen LogP contribution in [0.3, 0.4) is 0 Å². The van der Waals surface area contributed by atoms with Gasteiger partial charge in [-0.1, -0.05) is 11.3 Å². The third-order valence-electron chi connectivity index (χ3n) is 4.50. The van der Waals surface area contributed by atoms with Gasteiger partial charge in [0, 0.05) is 18.6 Å². The highest BCUT2D eigenvalue weighted by Gasteiger charge is 2.37. The Kier molecular flexibility index (Phi) is 4.82. The minimum atomic E-state index is -3.74. The number of carboxylic acid groups (broad SMARTS) is 1. The van der Waals surface area contributed by atoms with Crippen molar-refractivity contribution in [3.8, 4) is 0 Å². The van der Waals surface area contributed by atoms with Crippen molar-refractivity contribution in [2.45, 2.75) is 48.9 Å². The molecule has 3 rings (SSSR count). The molecule has 0 unspecified atom stereocenters. The number of sulfonamides is 1. The first-order valence-corrected chi connectivity index (χ1v) is 10.3. The summed E-state index contributed by atoms with van der Waals surface area (Å²) in [6.45, 7) is 2.56. The highest BCUT2D eigenvalue weighted by atomic mass is 32.2. The fraction of sp³-hybridized carbons (Fsp3) is 0.714. The van der Waals surface area contributed by atoms with E-state index in [4.69, 9.17) is 10.2 Å². The third-order valence-corrected chi connectivity index (χ3v) is 7.14. The zero-order chi connectivity index (χ0) is 17.5. The van der Waals surface area contributed by atoms with Crippen LogP contribution < -0.4 is 10.5 Å². The minimum Gasteiger partial charge on any atom is -0.480 e. The molecule has 0 atom stereocenters. The Morgan fingerprint density at radius 2 is 2.12 bits per heavy atom. The van der Waals surface area contributed by atoms with Crippen LogP contribution >= 0.6 is 11.3 Å². The first-order chi connectivity index (χ1) is 11.2. The smallest absolute Gasteiger partial charge is 0.317 e. The summed E-state index contributed by atoms with van der Waals surface area (Å²) in [6.07, 6.45) is 4.06. The van der Waals surface area contributed by atoms with Gasteiger partial charge >= 0.3 is 5.97 Å². The van der Waals surface area contributed by atoms with E-state index in [-0.39, 0.29) is 22.8 Å². The molecule has 0 aromatic carbocycles. The zero-order valence-corrected chi connectivity index (χ0v) is 15.1.